The van der Waals surface area contributed by atoms with Crippen molar-refractivity contribution in [3.05, 3.63) is 65.9 Å². The Morgan fingerprint density at radius 3 is 2.44 bits per heavy atom. The molecule has 3 aromatic rings. The van der Waals surface area contributed by atoms with Crippen molar-refractivity contribution in [3.8, 4) is 0 Å². The number of carbonyl (C=O) groups excluding carboxylic acids is 1. The molecule has 0 aliphatic rings. The summed E-state index contributed by atoms with van der Waals surface area (Å²) in [5.74, 6) is -0.684. The summed E-state index contributed by atoms with van der Waals surface area (Å²) in [4.78, 5) is 23.1. The van der Waals surface area contributed by atoms with E-state index in [0.29, 0.717) is 11.6 Å². The van der Waals surface area contributed by atoms with Crippen molar-refractivity contribution in [1.82, 2.24) is 4.57 Å². The molecule has 5 heteroatoms. The lowest BCUT2D eigenvalue weighted by molar-refractivity contribution is -0.116. The van der Waals surface area contributed by atoms with Crippen molar-refractivity contribution in [1.29, 1.82) is 0 Å². The lowest BCUT2D eigenvalue weighted by Crippen LogP contribution is -2.18. The number of nitrogens with zero attached hydrogens (tertiary/aromatic N) is 1. The second kappa shape index (κ2) is 6.81. The van der Waals surface area contributed by atoms with E-state index >= 15 is 0 Å². The Bertz CT molecular complexity index is 924. The Hall–Kier alpha value is -3.08. The molecule has 0 bridgehead atoms. The van der Waals surface area contributed by atoms with Gasteiger partial charge in [-0.1, -0.05) is 19.9 Å². The third-order valence-electron chi connectivity index (χ3n) is 4.19. The van der Waals surface area contributed by atoms with Gasteiger partial charge in [0.1, 0.15) is 6.54 Å². The smallest absolute Gasteiger partial charge is 0.335 e. The van der Waals surface area contributed by atoms with Gasteiger partial charge in [-0.15, -0.1) is 0 Å². The first-order valence-electron chi connectivity index (χ1n) is 8.16. The van der Waals surface area contributed by atoms with Crippen molar-refractivity contribution in [2.75, 3.05) is 5.32 Å². The summed E-state index contributed by atoms with van der Waals surface area (Å²) in [6, 6.07) is 14.4. The minimum Gasteiger partial charge on any atom is -0.478 e. The Morgan fingerprint density at radius 1 is 1.08 bits per heavy atom. The maximum atomic E-state index is 12.3. The fourth-order valence-electron chi connectivity index (χ4n) is 2.77. The number of amides is 1. The van der Waals surface area contributed by atoms with E-state index in [-0.39, 0.29) is 18.0 Å². The summed E-state index contributed by atoms with van der Waals surface area (Å²) < 4.78 is 1.90. The highest BCUT2D eigenvalue weighted by molar-refractivity contribution is 5.93. The van der Waals surface area contributed by atoms with Gasteiger partial charge < -0.3 is 15.0 Å². The molecule has 0 fully saturated rings. The molecule has 25 heavy (non-hydrogen) atoms. The standard InChI is InChI=1S/C20H20N2O3/c1-13(2)15-5-8-18-16(11-15)9-10-22(18)12-19(23)21-17-6-3-14(4-7-17)20(24)25/h3-11,13H,12H2,1-2H3,(H,21,23)(H,24,25). The number of rotatable bonds is 5. The van der Waals surface area contributed by atoms with Crippen molar-refractivity contribution in [2.24, 2.45) is 0 Å². The number of aromatic nitrogens is 1. The molecule has 0 unspecified atom stereocenters. The van der Waals surface area contributed by atoms with Crippen molar-refractivity contribution in [2.45, 2.75) is 26.3 Å². The first kappa shape index (κ1) is 16.8. The van der Waals surface area contributed by atoms with Crippen LogP contribution in [0.2, 0.25) is 0 Å². The lowest BCUT2D eigenvalue weighted by atomic mass is 10.0. The molecule has 0 aliphatic carbocycles. The summed E-state index contributed by atoms with van der Waals surface area (Å²) in [6.07, 6.45) is 1.90. The number of carboxylic acid groups (broad SMARTS) is 1. The van der Waals surface area contributed by atoms with E-state index in [4.69, 9.17) is 5.11 Å². The average Bonchev–Trinajstić information content (AvgIpc) is 2.97. The van der Waals surface area contributed by atoms with Gasteiger partial charge in [-0.25, -0.2) is 4.79 Å². The summed E-state index contributed by atoms with van der Waals surface area (Å²) in [5, 5.41) is 12.8. The minimum absolute atomic E-state index is 0.159. The van der Waals surface area contributed by atoms with Crippen molar-refractivity contribution < 1.29 is 14.7 Å². The van der Waals surface area contributed by atoms with Gasteiger partial charge in [-0.05, 0) is 59.3 Å². The van der Waals surface area contributed by atoms with Gasteiger partial charge in [0.2, 0.25) is 5.91 Å². The number of aromatic carboxylic acids is 1. The third kappa shape index (κ3) is 3.71. The van der Waals surface area contributed by atoms with Gasteiger partial charge in [0, 0.05) is 17.4 Å². The van der Waals surface area contributed by atoms with E-state index in [9.17, 15) is 9.59 Å². The summed E-state index contributed by atoms with van der Waals surface area (Å²) in [5.41, 5.74) is 3.05. The topological polar surface area (TPSA) is 71.3 Å². The quantitative estimate of drug-likeness (QED) is 0.737. The molecule has 0 aliphatic heterocycles. The molecule has 0 radical (unpaired) electrons. The Balaban J connectivity index is 1.72. The number of hydrogen-bond donors (Lipinski definition) is 2. The predicted molar refractivity (Wildman–Crippen MR) is 98.1 cm³/mol. The SMILES string of the molecule is CC(C)c1ccc2c(ccn2CC(=O)Nc2ccc(C(=O)O)cc2)c1. The molecule has 128 valence electrons. The number of fused-ring (bicyclic) bond motifs is 1. The fraction of sp³-hybridized carbons (Fsp3) is 0.200. The van der Waals surface area contributed by atoms with Gasteiger partial charge in [-0.2, -0.15) is 0 Å². The number of benzene rings is 2. The largest absolute Gasteiger partial charge is 0.478 e. The predicted octanol–water partition coefficient (Wildman–Crippen LogP) is 4.10. The van der Waals surface area contributed by atoms with E-state index < -0.39 is 5.97 Å². The van der Waals surface area contributed by atoms with Crippen LogP contribution in [0.1, 0.15) is 35.7 Å². The molecule has 5 nitrogen and oxygen atoms in total. The third-order valence-corrected chi connectivity index (χ3v) is 4.19. The fourth-order valence-corrected chi connectivity index (χ4v) is 2.77. The first-order chi connectivity index (χ1) is 11.9. The van der Waals surface area contributed by atoms with Crippen LogP contribution in [0.5, 0.6) is 0 Å². The number of hydrogen-bond acceptors (Lipinski definition) is 2. The first-order valence-corrected chi connectivity index (χ1v) is 8.16. The van der Waals surface area contributed by atoms with E-state index in [1.165, 1.54) is 17.7 Å². The number of anilines is 1. The van der Waals surface area contributed by atoms with Crippen LogP contribution < -0.4 is 5.32 Å². The molecule has 1 aromatic heterocycles. The average molecular weight is 336 g/mol. The van der Waals surface area contributed by atoms with E-state index in [1.54, 1.807) is 12.1 Å². The molecule has 0 spiro atoms. The Kier molecular flexibility index (Phi) is 4.57. The Morgan fingerprint density at radius 2 is 1.80 bits per heavy atom. The maximum absolute atomic E-state index is 12.3. The van der Waals surface area contributed by atoms with Crippen LogP contribution in [0.15, 0.2) is 54.7 Å². The zero-order chi connectivity index (χ0) is 18.0. The molecular formula is C20H20N2O3. The molecule has 0 saturated heterocycles. The molecule has 1 amide bonds. The molecule has 1 heterocycles. The van der Waals surface area contributed by atoms with Crippen LogP contribution in [-0.4, -0.2) is 21.6 Å². The lowest BCUT2D eigenvalue weighted by Gasteiger charge is -2.09. The van der Waals surface area contributed by atoms with Crippen LogP contribution >= 0.6 is 0 Å². The van der Waals surface area contributed by atoms with Gasteiger partial charge in [0.25, 0.3) is 0 Å². The second-order valence-electron chi connectivity index (χ2n) is 6.35. The molecule has 2 aromatic carbocycles. The Labute approximate surface area is 145 Å². The van der Waals surface area contributed by atoms with Crippen LogP contribution in [-0.2, 0) is 11.3 Å². The normalized spacial score (nSPS) is 11.0. The highest BCUT2D eigenvalue weighted by atomic mass is 16.4. The number of carbonyl (C=O) groups is 2. The zero-order valence-corrected chi connectivity index (χ0v) is 14.2. The zero-order valence-electron chi connectivity index (χ0n) is 14.2. The summed E-state index contributed by atoms with van der Waals surface area (Å²) in [7, 11) is 0. The molecule has 3 rings (SSSR count). The van der Waals surface area contributed by atoms with E-state index in [1.807, 2.05) is 22.9 Å². The van der Waals surface area contributed by atoms with Gasteiger partial charge >= 0.3 is 5.97 Å². The molecule has 2 N–H and O–H groups in total. The van der Waals surface area contributed by atoms with Gasteiger partial charge in [-0.3, -0.25) is 4.79 Å². The van der Waals surface area contributed by atoms with E-state index in [2.05, 4.69) is 31.3 Å². The highest BCUT2D eigenvalue weighted by Gasteiger charge is 2.09. The second-order valence-corrected chi connectivity index (χ2v) is 6.35. The maximum Gasteiger partial charge on any atom is 0.335 e. The van der Waals surface area contributed by atoms with Gasteiger partial charge in [0.15, 0.2) is 0 Å². The summed E-state index contributed by atoms with van der Waals surface area (Å²) in [6.45, 7) is 4.51. The minimum atomic E-state index is -0.988. The van der Waals surface area contributed by atoms with Gasteiger partial charge in [0.05, 0.1) is 5.56 Å². The van der Waals surface area contributed by atoms with Crippen LogP contribution in [0.25, 0.3) is 10.9 Å². The van der Waals surface area contributed by atoms with Crippen molar-refractivity contribution in [3.63, 3.8) is 0 Å². The van der Waals surface area contributed by atoms with Crippen LogP contribution in [0.3, 0.4) is 0 Å². The van der Waals surface area contributed by atoms with Crippen LogP contribution in [0.4, 0.5) is 5.69 Å². The monoisotopic (exact) mass is 336 g/mol. The molecular weight excluding hydrogens is 316 g/mol. The highest BCUT2D eigenvalue weighted by Crippen LogP contribution is 2.22. The van der Waals surface area contributed by atoms with E-state index in [0.717, 1.165) is 10.9 Å². The number of carboxylic acids is 1. The molecule has 0 saturated carbocycles. The van der Waals surface area contributed by atoms with Crippen molar-refractivity contribution >= 4 is 28.5 Å². The number of nitrogens with one attached hydrogen (secondary N) is 1. The molecule has 0 atom stereocenters. The summed E-state index contributed by atoms with van der Waals surface area (Å²) >= 11 is 0. The van der Waals surface area contributed by atoms with Crippen LogP contribution in [0, 0.1) is 0 Å².